The van der Waals surface area contributed by atoms with Gasteiger partial charge in [0.1, 0.15) is 6.33 Å². The Hall–Kier alpha value is -3.42. The molecule has 2 N–H and O–H groups in total. The molecule has 1 aromatic carbocycles. The number of aryl methyl sites for hydroxylation is 2. The molecule has 0 radical (unpaired) electrons. The number of hydrogen-bond donors (Lipinski definition) is 1. The lowest BCUT2D eigenvalue weighted by Crippen LogP contribution is -2.15. The number of halogens is 2. The second kappa shape index (κ2) is 6.83. The fourth-order valence-electron chi connectivity index (χ4n) is 2.58. The van der Waals surface area contributed by atoms with Crippen molar-refractivity contribution in [1.82, 2.24) is 19.7 Å². The zero-order chi connectivity index (χ0) is 18.8. The van der Waals surface area contributed by atoms with Crippen molar-refractivity contribution in [2.75, 3.05) is 0 Å². The summed E-state index contributed by atoms with van der Waals surface area (Å²) >= 11 is 0. The number of nitrogens with zero attached hydrogens (tertiary/aromatic N) is 4. The molecule has 3 aromatic rings. The zero-order valence-electron chi connectivity index (χ0n) is 14.1. The SMILES string of the molecule is Cc1cc(C)cc(-c2ncn(/C=C(/C(N)=O)c3ccc(F)nc3F)n2)c1. The van der Waals surface area contributed by atoms with Gasteiger partial charge in [-0.1, -0.05) is 17.2 Å². The van der Waals surface area contributed by atoms with Crippen LogP contribution in [0.3, 0.4) is 0 Å². The van der Waals surface area contributed by atoms with Gasteiger partial charge >= 0.3 is 0 Å². The predicted octanol–water partition coefficient (Wildman–Crippen LogP) is 2.72. The normalized spacial score (nSPS) is 11.6. The predicted molar refractivity (Wildman–Crippen MR) is 92.4 cm³/mol. The van der Waals surface area contributed by atoms with E-state index in [4.69, 9.17) is 5.73 Å². The molecule has 0 aliphatic carbocycles. The molecule has 2 aromatic heterocycles. The van der Waals surface area contributed by atoms with Crippen LogP contribution >= 0.6 is 0 Å². The molecule has 2 heterocycles. The van der Waals surface area contributed by atoms with Gasteiger partial charge in [0.2, 0.25) is 11.9 Å². The monoisotopic (exact) mass is 355 g/mol. The van der Waals surface area contributed by atoms with E-state index in [-0.39, 0.29) is 11.1 Å². The summed E-state index contributed by atoms with van der Waals surface area (Å²) in [6.45, 7) is 3.92. The second-order valence-electron chi connectivity index (χ2n) is 5.80. The minimum absolute atomic E-state index is 0.202. The largest absolute Gasteiger partial charge is 0.366 e. The molecule has 0 saturated carbocycles. The Labute approximate surface area is 148 Å². The van der Waals surface area contributed by atoms with Gasteiger partial charge in [-0.15, -0.1) is 5.10 Å². The molecular weight excluding hydrogens is 340 g/mol. The highest BCUT2D eigenvalue weighted by Crippen LogP contribution is 2.20. The van der Waals surface area contributed by atoms with E-state index in [9.17, 15) is 13.6 Å². The number of aromatic nitrogens is 4. The van der Waals surface area contributed by atoms with Crippen LogP contribution < -0.4 is 5.73 Å². The molecule has 8 heteroatoms. The van der Waals surface area contributed by atoms with Crippen LogP contribution in [0.2, 0.25) is 0 Å². The first-order valence-corrected chi connectivity index (χ1v) is 7.67. The number of hydrogen-bond acceptors (Lipinski definition) is 4. The quantitative estimate of drug-likeness (QED) is 0.576. The Morgan fingerprint density at radius 3 is 2.46 bits per heavy atom. The van der Waals surface area contributed by atoms with E-state index < -0.39 is 17.8 Å². The van der Waals surface area contributed by atoms with Crippen LogP contribution in [-0.2, 0) is 4.79 Å². The highest BCUT2D eigenvalue weighted by molar-refractivity contribution is 6.22. The van der Waals surface area contributed by atoms with Gasteiger partial charge in [-0.2, -0.15) is 13.8 Å². The summed E-state index contributed by atoms with van der Waals surface area (Å²) in [7, 11) is 0. The number of primary amides is 1. The van der Waals surface area contributed by atoms with Gasteiger partial charge in [0, 0.05) is 17.3 Å². The lowest BCUT2D eigenvalue weighted by molar-refractivity contribution is -0.112. The average Bonchev–Trinajstić information content (AvgIpc) is 3.01. The molecule has 3 rings (SSSR count). The Balaban J connectivity index is 2.02. The van der Waals surface area contributed by atoms with Crippen LogP contribution in [0, 0.1) is 25.7 Å². The van der Waals surface area contributed by atoms with Crippen molar-refractivity contribution >= 4 is 17.7 Å². The van der Waals surface area contributed by atoms with Gasteiger partial charge in [-0.25, -0.2) is 9.67 Å². The molecule has 0 unspecified atom stereocenters. The molecule has 0 fully saturated rings. The molecule has 0 aliphatic rings. The third-order valence-electron chi connectivity index (χ3n) is 3.62. The van der Waals surface area contributed by atoms with Crippen LogP contribution in [0.25, 0.3) is 23.2 Å². The van der Waals surface area contributed by atoms with Gasteiger partial charge in [-0.05, 0) is 38.1 Å². The highest BCUT2D eigenvalue weighted by Gasteiger charge is 2.16. The molecular formula is C18H15F2N5O. The van der Waals surface area contributed by atoms with E-state index in [0.29, 0.717) is 5.82 Å². The topological polar surface area (TPSA) is 86.7 Å². The van der Waals surface area contributed by atoms with Gasteiger partial charge in [0.05, 0.1) is 5.57 Å². The van der Waals surface area contributed by atoms with Crippen LogP contribution in [0.15, 0.2) is 36.7 Å². The maximum atomic E-state index is 13.9. The Bertz CT molecular complexity index is 1010. The van der Waals surface area contributed by atoms with Crippen molar-refractivity contribution in [1.29, 1.82) is 0 Å². The maximum Gasteiger partial charge on any atom is 0.251 e. The minimum Gasteiger partial charge on any atom is -0.366 e. The Morgan fingerprint density at radius 2 is 1.85 bits per heavy atom. The summed E-state index contributed by atoms with van der Waals surface area (Å²) in [5, 5.41) is 4.26. The lowest BCUT2D eigenvalue weighted by atomic mass is 10.1. The Kier molecular flexibility index (Phi) is 4.57. The summed E-state index contributed by atoms with van der Waals surface area (Å²) in [6.07, 6.45) is 2.59. The second-order valence-corrected chi connectivity index (χ2v) is 5.80. The van der Waals surface area contributed by atoms with Crippen LogP contribution in [-0.4, -0.2) is 25.7 Å². The van der Waals surface area contributed by atoms with E-state index in [1.807, 2.05) is 32.0 Å². The van der Waals surface area contributed by atoms with E-state index in [1.54, 1.807) is 0 Å². The van der Waals surface area contributed by atoms with Crippen LogP contribution in [0.4, 0.5) is 8.78 Å². The van der Waals surface area contributed by atoms with E-state index >= 15 is 0 Å². The highest BCUT2D eigenvalue weighted by atomic mass is 19.1. The van der Waals surface area contributed by atoms with Crippen LogP contribution in [0.1, 0.15) is 16.7 Å². The molecule has 26 heavy (non-hydrogen) atoms. The van der Waals surface area contributed by atoms with E-state index in [1.165, 1.54) is 17.2 Å². The van der Waals surface area contributed by atoms with Crippen molar-refractivity contribution in [2.45, 2.75) is 13.8 Å². The van der Waals surface area contributed by atoms with Gasteiger partial charge in [-0.3, -0.25) is 4.79 Å². The first-order valence-electron chi connectivity index (χ1n) is 7.67. The third-order valence-corrected chi connectivity index (χ3v) is 3.62. The third kappa shape index (κ3) is 3.64. The van der Waals surface area contributed by atoms with E-state index in [0.717, 1.165) is 28.8 Å². The van der Waals surface area contributed by atoms with Crippen molar-refractivity contribution in [3.8, 4) is 11.4 Å². The number of pyridine rings is 1. The first kappa shape index (κ1) is 17.4. The van der Waals surface area contributed by atoms with Crippen molar-refractivity contribution in [3.63, 3.8) is 0 Å². The van der Waals surface area contributed by atoms with Crippen molar-refractivity contribution < 1.29 is 13.6 Å². The number of rotatable bonds is 4. The standard InChI is InChI=1S/C18H15F2N5O/c1-10-5-11(2)7-12(6-10)18-22-9-25(24-18)8-14(17(21)26)13-3-4-15(19)23-16(13)20/h3-9H,1-2H3,(H2,21,26)/b14-8+. The number of nitrogens with two attached hydrogens (primary N) is 1. The van der Waals surface area contributed by atoms with Gasteiger partial charge in [0.15, 0.2) is 5.82 Å². The number of amides is 1. The average molecular weight is 355 g/mol. The molecule has 0 aliphatic heterocycles. The van der Waals surface area contributed by atoms with Crippen molar-refractivity contribution in [2.24, 2.45) is 5.73 Å². The molecule has 1 amide bonds. The zero-order valence-corrected chi connectivity index (χ0v) is 14.1. The summed E-state index contributed by atoms with van der Waals surface area (Å²) in [6, 6.07) is 7.91. The summed E-state index contributed by atoms with van der Waals surface area (Å²) in [5.74, 6) is -2.59. The van der Waals surface area contributed by atoms with Crippen molar-refractivity contribution in [3.05, 3.63) is 65.2 Å². The first-order chi connectivity index (χ1) is 12.3. The summed E-state index contributed by atoms with van der Waals surface area (Å²) in [5.41, 5.74) is 7.83. The van der Waals surface area contributed by atoms with Gasteiger partial charge < -0.3 is 5.73 Å². The smallest absolute Gasteiger partial charge is 0.251 e. The number of carbonyl (C=O) groups excluding carboxylic acids is 1. The molecule has 132 valence electrons. The summed E-state index contributed by atoms with van der Waals surface area (Å²) in [4.78, 5) is 19.0. The van der Waals surface area contributed by atoms with Crippen LogP contribution in [0.5, 0.6) is 0 Å². The number of benzene rings is 1. The fourth-order valence-corrected chi connectivity index (χ4v) is 2.58. The Morgan fingerprint density at radius 1 is 1.15 bits per heavy atom. The lowest BCUT2D eigenvalue weighted by Gasteiger charge is -2.04. The molecule has 0 saturated heterocycles. The molecule has 0 spiro atoms. The maximum absolute atomic E-state index is 13.9. The minimum atomic E-state index is -1.13. The molecule has 0 atom stereocenters. The molecule has 6 nitrogen and oxygen atoms in total. The van der Waals surface area contributed by atoms with Gasteiger partial charge in [0.25, 0.3) is 5.91 Å². The molecule has 0 bridgehead atoms. The summed E-state index contributed by atoms with van der Waals surface area (Å²) < 4.78 is 28.1. The van der Waals surface area contributed by atoms with E-state index in [2.05, 4.69) is 15.1 Å². The number of carbonyl (C=O) groups is 1. The fraction of sp³-hybridized carbons (Fsp3) is 0.111.